The van der Waals surface area contributed by atoms with Crippen molar-refractivity contribution in [1.82, 2.24) is 4.90 Å². The SMILES string of the molecule is CC(CSc1ccc(F)cc1)C(=O)N1CC(CN)CC1C.Cl. The molecule has 1 aliphatic heterocycles. The molecule has 6 heteroatoms. The maximum Gasteiger partial charge on any atom is 0.226 e. The van der Waals surface area contributed by atoms with Crippen molar-refractivity contribution in [3.8, 4) is 0 Å². The van der Waals surface area contributed by atoms with E-state index < -0.39 is 0 Å². The number of rotatable bonds is 5. The number of hydrogen-bond acceptors (Lipinski definition) is 3. The van der Waals surface area contributed by atoms with Gasteiger partial charge in [0.15, 0.2) is 0 Å². The Kier molecular flexibility index (Phi) is 7.66. The van der Waals surface area contributed by atoms with Crippen molar-refractivity contribution in [2.45, 2.75) is 31.2 Å². The third-order valence-electron chi connectivity index (χ3n) is 4.01. The molecule has 22 heavy (non-hydrogen) atoms. The summed E-state index contributed by atoms with van der Waals surface area (Å²) in [7, 11) is 0. The van der Waals surface area contributed by atoms with Crippen LogP contribution in [0.1, 0.15) is 20.3 Å². The minimum atomic E-state index is -0.234. The first-order valence-corrected chi connectivity index (χ1v) is 8.38. The van der Waals surface area contributed by atoms with Gasteiger partial charge in [0.1, 0.15) is 5.82 Å². The molecule has 2 rings (SSSR count). The monoisotopic (exact) mass is 346 g/mol. The van der Waals surface area contributed by atoms with E-state index in [4.69, 9.17) is 5.73 Å². The molecule has 0 bridgehead atoms. The predicted octanol–water partition coefficient (Wildman–Crippen LogP) is 3.17. The maximum atomic E-state index is 12.9. The molecule has 1 aliphatic rings. The number of nitrogens with zero attached hydrogens (tertiary/aromatic N) is 1. The van der Waals surface area contributed by atoms with Crippen molar-refractivity contribution in [2.24, 2.45) is 17.6 Å². The van der Waals surface area contributed by atoms with E-state index in [1.165, 1.54) is 12.1 Å². The van der Waals surface area contributed by atoms with Crippen LogP contribution in [0, 0.1) is 17.7 Å². The molecule has 2 N–H and O–H groups in total. The molecular formula is C16H24ClFN2OS. The van der Waals surface area contributed by atoms with E-state index in [2.05, 4.69) is 6.92 Å². The third-order valence-corrected chi connectivity index (χ3v) is 5.29. The highest BCUT2D eigenvalue weighted by molar-refractivity contribution is 7.99. The molecule has 1 aromatic rings. The highest BCUT2D eigenvalue weighted by atomic mass is 35.5. The summed E-state index contributed by atoms with van der Waals surface area (Å²) in [5.74, 6) is 1.07. The summed E-state index contributed by atoms with van der Waals surface area (Å²) in [6, 6.07) is 6.68. The fourth-order valence-electron chi connectivity index (χ4n) is 2.73. The van der Waals surface area contributed by atoms with Crippen LogP contribution in [0.15, 0.2) is 29.2 Å². The minimum absolute atomic E-state index is 0. The Morgan fingerprint density at radius 3 is 2.64 bits per heavy atom. The van der Waals surface area contributed by atoms with Crippen LogP contribution in [-0.2, 0) is 4.79 Å². The van der Waals surface area contributed by atoms with Crippen molar-refractivity contribution in [2.75, 3.05) is 18.8 Å². The molecule has 0 aromatic heterocycles. The fourth-order valence-corrected chi connectivity index (χ4v) is 3.64. The standard InChI is InChI=1S/C16H23FN2OS.ClH/c1-11(10-21-15-5-3-14(17)4-6-15)16(20)19-9-13(8-18)7-12(19)2;/h3-6,11-13H,7-10,18H2,1-2H3;1H. The van der Waals surface area contributed by atoms with Gasteiger partial charge in [-0.05, 0) is 50.1 Å². The zero-order valence-electron chi connectivity index (χ0n) is 13.0. The maximum absolute atomic E-state index is 12.9. The smallest absolute Gasteiger partial charge is 0.226 e. The lowest BCUT2D eigenvalue weighted by Gasteiger charge is -2.25. The zero-order chi connectivity index (χ0) is 15.4. The number of carbonyl (C=O) groups is 1. The van der Waals surface area contributed by atoms with Crippen LogP contribution in [0.25, 0.3) is 0 Å². The molecular weight excluding hydrogens is 323 g/mol. The van der Waals surface area contributed by atoms with E-state index in [-0.39, 0.29) is 36.1 Å². The lowest BCUT2D eigenvalue weighted by atomic mass is 10.1. The summed E-state index contributed by atoms with van der Waals surface area (Å²) < 4.78 is 12.9. The van der Waals surface area contributed by atoms with Gasteiger partial charge in [-0.3, -0.25) is 4.79 Å². The number of thioether (sulfide) groups is 1. The zero-order valence-corrected chi connectivity index (χ0v) is 14.6. The molecule has 3 unspecified atom stereocenters. The van der Waals surface area contributed by atoms with E-state index in [1.54, 1.807) is 23.9 Å². The summed E-state index contributed by atoms with van der Waals surface area (Å²) in [6.45, 7) is 5.48. The molecule has 3 nitrogen and oxygen atoms in total. The second kappa shape index (κ2) is 8.75. The van der Waals surface area contributed by atoms with Gasteiger partial charge in [0, 0.05) is 29.2 Å². The molecule has 1 aromatic carbocycles. The molecule has 0 spiro atoms. The number of hydrogen-bond donors (Lipinski definition) is 1. The van der Waals surface area contributed by atoms with E-state index >= 15 is 0 Å². The van der Waals surface area contributed by atoms with Crippen molar-refractivity contribution < 1.29 is 9.18 Å². The van der Waals surface area contributed by atoms with Gasteiger partial charge in [-0.1, -0.05) is 6.92 Å². The van der Waals surface area contributed by atoms with Gasteiger partial charge in [-0.25, -0.2) is 4.39 Å². The van der Waals surface area contributed by atoms with Crippen LogP contribution in [0.2, 0.25) is 0 Å². The van der Waals surface area contributed by atoms with Crippen LogP contribution in [-0.4, -0.2) is 35.7 Å². The van der Waals surface area contributed by atoms with E-state index in [1.807, 2.05) is 11.8 Å². The Balaban J connectivity index is 0.00000242. The van der Waals surface area contributed by atoms with Gasteiger partial charge in [0.05, 0.1) is 0 Å². The van der Waals surface area contributed by atoms with Gasteiger partial charge >= 0.3 is 0 Å². The summed E-state index contributed by atoms with van der Waals surface area (Å²) >= 11 is 1.59. The molecule has 0 saturated carbocycles. The molecule has 0 radical (unpaired) electrons. The number of benzene rings is 1. The molecule has 1 saturated heterocycles. The molecule has 1 amide bonds. The largest absolute Gasteiger partial charge is 0.339 e. The Morgan fingerprint density at radius 2 is 2.09 bits per heavy atom. The second-order valence-electron chi connectivity index (χ2n) is 5.84. The topological polar surface area (TPSA) is 46.3 Å². The Bertz CT molecular complexity index is 486. The average Bonchev–Trinajstić information content (AvgIpc) is 2.86. The summed E-state index contributed by atoms with van der Waals surface area (Å²) in [5.41, 5.74) is 5.71. The summed E-state index contributed by atoms with van der Waals surface area (Å²) in [5, 5.41) is 0. The van der Waals surface area contributed by atoms with E-state index in [9.17, 15) is 9.18 Å². The van der Waals surface area contributed by atoms with Gasteiger partial charge in [-0.2, -0.15) is 0 Å². The van der Waals surface area contributed by atoms with Crippen molar-refractivity contribution in [3.63, 3.8) is 0 Å². The van der Waals surface area contributed by atoms with Gasteiger partial charge in [-0.15, -0.1) is 24.2 Å². The normalized spacial score (nSPS) is 22.3. The van der Waals surface area contributed by atoms with Gasteiger partial charge in [0.25, 0.3) is 0 Å². The Labute approximate surface area is 142 Å². The van der Waals surface area contributed by atoms with Crippen LogP contribution in [0.5, 0.6) is 0 Å². The first-order valence-electron chi connectivity index (χ1n) is 7.40. The highest BCUT2D eigenvalue weighted by Crippen LogP contribution is 2.26. The fraction of sp³-hybridized carbons (Fsp3) is 0.562. The summed E-state index contributed by atoms with van der Waals surface area (Å²) in [6.07, 6.45) is 1.00. The van der Waals surface area contributed by atoms with Crippen LogP contribution in [0.4, 0.5) is 4.39 Å². The lowest BCUT2D eigenvalue weighted by molar-refractivity contribution is -0.134. The number of halogens is 2. The average molecular weight is 347 g/mol. The first kappa shape index (κ1) is 19.3. The molecule has 1 heterocycles. The van der Waals surface area contributed by atoms with Crippen molar-refractivity contribution >= 4 is 30.1 Å². The second-order valence-corrected chi connectivity index (χ2v) is 6.94. The molecule has 3 atom stereocenters. The predicted molar refractivity (Wildman–Crippen MR) is 91.9 cm³/mol. The lowest BCUT2D eigenvalue weighted by Crippen LogP contribution is -2.38. The first-order chi connectivity index (χ1) is 10.0. The van der Waals surface area contributed by atoms with E-state index in [0.29, 0.717) is 18.2 Å². The van der Waals surface area contributed by atoms with Crippen LogP contribution in [0.3, 0.4) is 0 Å². The minimum Gasteiger partial charge on any atom is -0.339 e. The van der Waals surface area contributed by atoms with Gasteiger partial charge in [0.2, 0.25) is 5.91 Å². The van der Waals surface area contributed by atoms with Crippen LogP contribution >= 0.6 is 24.2 Å². The van der Waals surface area contributed by atoms with Gasteiger partial charge < -0.3 is 10.6 Å². The molecule has 0 aliphatic carbocycles. The highest BCUT2D eigenvalue weighted by Gasteiger charge is 2.33. The number of likely N-dealkylation sites (tertiary alicyclic amines) is 1. The number of nitrogens with two attached hydrogens (primary N) is 1. The quantitative estimate of drug-likeness (QED) is 0.833. The molecule has 1 fully saturated rings. The Hall–Kier alpha value is -0.780. The Morgan fingerprint density at radius 1 is 1.45 bits per heavy atom. The summed E-state index contributed by atoms with van der Waals surface area (Å²) in [4.78, 5) is 15.5. The van der Waals surface area contributed by atoms with Crippen molar-refractivity contribution in [3.05, 3.63) is 30.1 Å². The number of amides is 1. The van der Waals surface area contributed by atoms with Crippen LogP contribution < -0.4 is 5.73 Å². The van der Waals surface area contributed by atoms with Crippen molar-refractivity contribution in [1.29, 1.82) is 0 Å². The van der Waals surface area contributed by atoms with E-state index in [0.717, 1.165) is 17.9 Å². The third kappa shape index (κ3) is 4.86. The molecule has 124 valence electrons. The number of carbonyl (C=O) groups excluding carboxylic acids is 1.